The lowest BCUT2D eigenvalue weighted by molar-refractivity contribution is 0.387. The Morgan fingerprint density at radius 1 is 1.47 bits per heavy atom. The van der Waals surface area contributed by atoms with Gasteiger partial charge in [0, 0.05) is 16.9 Å². The van der Waals surface area contributed by atoms with Crippen LogP contribution < -0.4 is 5.32 Å². The summed E-state index contributed by atoms with van der Waals surface area (Å²) in [4.78, 5) is 0. The second-order valence-corrected chi connectivity index (χ2v) is 4.81. The van der Waals surface area contributed by atoms with Crippen molar-refractivity contribution in [2.45, 2.75) is 12.3 Å². The summed E-state index contributed by atoms with van der Waals surface area (Å²) < 4.78 is 1.09. The molecule has 2 nitrogen and oxygen atoms in total. The zero-order valence-electron chi connectivity index (χ0n) is 8.41. The highest BCUT2D eigenvalue weighted by Gasteiger charge is 2.25. The second-order valence-electron chi connectivity index (χ2n) is 3.89. The molecular weight excluding hydrogens is 252 g/mol. The molecule has 1 aliphatic rings. The van der Waals surface area contributed by atoms with Gasteiger partial charge in [-0.25, -0.2) is 0 Å². The zero-order chi connectivity index (χ0) is 10.7. The average molecular weight is 265 g/mol. The predicted octanol–water partition coefficient (Wildman–Crippen LogP) is 2.67. The molecule has 1 saturated heterocycles. The van der Waals surface area contributed by atoms with E-state index >= 15 is 0 Å². The third-order valence-corrected chi connectivity index (χ3v) is 3.42. The quantitative estimate of drug-likeness (QED) is 0.847. The van der Waals surface area contributed by atoms with Crippen LogP contribution in [0.3, 0.4) is 0 Å². The first kappa shape index (κ1) is 10.7. The fraction of sp³-hybridized carbons (Fsp3) is 0.417. The topological polar surface area (TPSA) is 35.8 Å². The number of halogens is 1. The number of nitriles is 1. The summed E-state index contributed by atoms with van der Waals surface area (Å²) in [6.07, 6.45) is 0.952. The van der Waals surface area contributed by atoms with E-state index in [2.05, 4.69) is 39.4 Å². The van der Waals surface area contributed by atoms with Crippen LogP contribution in [0.1, 0.15) is 17.9 Å². The van der Waals surface area contributed by atoms with Crippen LogP contribution in [0, 0.1) is 17.2 Å². The van der Waals surface area contributed by atoms with E-state index in [1.807, 2.05) is 12.1 Å². The summed E-state index contributed by atoms with van der Waals surface area (Å²) in [7, 11) is 0. The van der Waals surface area contributed by atoms with Crippen LogP contribution in [-0.4, -0.2) is 13.1 Å². The minimum Gasteiger partial charge on any atom is -0.316 e. The number of nitrogens with one attached hydrogen (secondary N) is 1. The maximum absolute atomic E-state index is 9.10. The summed E-state index contributed by atoms with van der Waals surface area (Å²) in [5, 5.41) is 12.5. The molecule has 1 aromatic rings. The normalized spacial score (nSPS) is 25.9. The summed E-state index contributed by atoms with van der Waals surface area (Å²) in [6, 6.07) is 10.7. The minimum atomic E-state index is 0.153. The van der Waals surface area contributed by atoms with E-state index in [-0.39, 0.29) is 5.92 Å². The summed E-state index contributed by atoms with van der Waals surface area (Å²) in [5.74, 6) is 0.488. The van der Waals surface area contributed by atoms with Gasteiger partial charge in [0.05, 0.1) is 12.0 Å². The molecule has 1 aliphatic heterocycles. The minimum absolute atomic E-state index is 0.153. The Hall–Kier alpha value is -0.850. The van der Waals surface area contributed by atoms with Gasteiger partial charge in [-0.1, -0.05) is 28.1 Å². The highest BCUT2D eigenvalue weighted by atomic mass is 79.9. The van der Waals surface area contributed by atoms with Crippen molar-refractivity contribution in [2.24, 2.45) is 5.92 Å². The van der Waals surface area contributed by atoms with Crippen molar-refractivity contribution in [3.63, 3.8) is 0 Å². The Morgan fingerprint density at radius 3 is 3.07 bits per heavy atom. The first-order valence-corrected chi connectivity index (χ1v) is 5.96. The summed E-state index contributed by atoms with van der Waals surface area (Å²) in [5.41, 5.74) is 1.25. The van der Waals surface area contributed by atoms with Crippen LogP contribution in [0.25, 0.3) is 0 Å². The van der Waals surface area contributed by atoms with E-state index in [9.17, 15) is 0 Å². The van der Waals surface area contributed by atoms with Crippen molar-refractivity contribution in [3.8, 4) is 6.07 Å². The van der Waals surface area contributed by atoms with Gasteiger partial charge in [0.1, 0.15) is 0 Å². The second kappa shape index (κ2) is 4.78. The van der Waals surface area contributed by atoms with Gasteiger partial charge in [-0.3, -0.25) is 0 Å². The van der Waals surface area contributed by atoms with Crippen molar-refractivity contribution < 1.29 is 0 Å². The third kappa shape index (κ3) is 2.39. The number of benzene rings is 1. The first-order valence-electron chi connectivity index (χ1n) is 5.17. The number of hydrogen-bond acceptors (Lipinski definition) is 2. The highest BCUT2D eigenvalue weighted by Crippen LogP contribution is 2.30. The molecule has 2 unspecified atom stereocenters. The van der Waals surface area contributed by atoms with Crippen molar-refractivity contribution >= 4 is 15.9 Å². The lowest BCUT2D eigenvalue weighted by atomic mass is 9.82. The SMILES string of the molecule is N#CC1CCNCC1c1cccc(Br)c1. The maximum atomic E-state index is 9.10. The van der Waals surface area contributed by atoms with E-state index in [0.29, 0.717) is 5.92 Å². The fourth-order valence-corrected chi connectivity index (χ4v) is 2.52. The molecule has 1 fully saturated rings. The Kier molecular flexibility index (Phi) is 3.40. The number of nitrogens with zero attached hydrogens (tertiary/aromatic N) is 1. The maximum Gasteiger partial charge on any atom is 0.0663 e. The van der Waals surface area contributed by atoms with Crippen molar-refractivity contribution in [3.05, 3.63) is 34.3 Å². The Morgan fingerprint density at radius 2 is 2.33 bits per heavy atom. The highest BCUT2D eigenvalue weighted by molar-refractivity contribution is 9.10. The van der Waals surface area contributed by atoms with Gasteiger partial charge in [-0.05, 0) is 30.7 Å². The van der Waals surface area contributed by atoms with Gasteiger partial charge in [-0.15, -0.1) is 0 Å². The Labute approximate surface area is 98.4 Å². The summed E-state index contributed by atoms with van der Waals surface area (Å²) >= 11 is 3.47. The van der Waals surface area contributed by atoms with Crippen LogP contribution in [0.5, 0.6) is 0 Å². The molecule has 1 N–H and O–H groups in total. The zero-order valence-corrected chi connectivity index (χ0v) is 10.00. The number of rotatable bonds is 1. The molecule has 2 atom stereocenters. The molecule has 0 aromatic heterocycles. The van der Waals surface area contributed by atoms with Crippen molar-refractivity contribution in [2.75, 3.05) is 13.1 Å². The fourth-order valence-electron chi connectivity index (χ4n) is 2.10. The molecule has 15 heavy (non-hydrogen) atoms. The molecule has 0 saturated carbocycles. The van der Waals surface area contributed by atoms with Crippen LogP contribution in [0.15, 0.2) is 28.7 Å². The van der Waals surface area contributed by atoms with E-state index in [1.165, 1.54) is 5.56 Å². The first-order chi connectivity index (χ1) is 7.31. The number of piperidine rings is 1. The average Bonchev–Trinajstić information content (AvgIpc) is 2.29. The molecule has 0 amide bonds. The Balaban J connectivity index is 2.25. The van der Waals surface area contributed by atoms with Crippen LogP contribution in [-0.2, 0) is 0 Å². The lowest BCUT2D eigenvalue weighted by Gasteiger charge is -2.28. The Bertz CT molecular complexity index is 383. The van der Waals surface area contributed by atoms with Gasteiger partial charge in [0.15, 0.2) is 0 Å². The number of hydrogen-bond donors (Lipinski definition) is 1. The predicted molar refractivity (Wildman–Crippen MR) is 63.5 cm³/mol. The van der Waals surface area contributed by atoms with E-state index in [0.717, 1.165) is 24.0 Å². The van der Waals surface area contributed by atoms with E-state index < -0.39 is 0 Å². The van der Waals surface area contributed by atoms with Gasteiger partial charge in [0.2, 0.25) is 0 Å². The van der Waals surface area contributed by atoms with Crippen LogP contribution >= 0.6 is 15.9 Å². The van der Waals surface area contributed by atoms with Gasteiger partial charge in [-0.2, -0.15) is 5.26 Å². The molecule has 1 aromatic carbocycles. The largest absolute Gasteiger partial charge is 0.316 e. The van der Waals surface area contributed by atoms with Gasteiger partial charge in [0.25, 0.3) is 0 Å². The van der Waals surface area contributed by atoms with Gasteiger partial charge >= 0.3 is 0 Å². The lowest BCUT2D eigenvalue weighted by Crippen LogP contribution is -2.34. The molecule has 0 aliphatic carbocycles. The molecule has 0 spiro atoms. The standard InChI is InChI=1S/C12H13BrN2/c13-11-3-1-2-9(6-11)12-8-15-5-4-10(12)7-14/h1-3,6,10,12,15H,4-5,8H2. The van der Waals surface area contributed by atoms with Crippen LogP contribution in [0.4, 0.5) is 0 Å². The van der Waals surface area contributed by atoms with Crippen molar-refractivity contribution in [1.82, 2.24) is 5.32 Å². The van der Waals surface area contributed by atoms with Gasteiger partial charge < -0.3 is 5.32 Å². The van der Waals surface area contributed by atoms with E-state index in [1.54, 1.807) is 0 Å². The molecular formula is C12H13BrN2. The summed E-state index contributed by atoms with van der Waals surface area (Å²) in [6.45, 7) is 1.87. The molecule has 78 valence electrons. The molecule has 2 rings (SSSR count). The van der Waals surface area contributed by atoms with Crippen molar-refractivity contribution in [1.29, 1.82) is 5.26 Å². The molecule has 1 heterocycles. The molecule has 3 heteroatoms. The molecule has 0 radical (unpaired) electrons. The van der Waals surface area contributed by atoms with E-state index in [4.69, 9.17) is 5.26 Å². The monoisotopic (exact) mass is 264 g/mol. The van der Waals surface area contributed by atoms with Crippen LogP contribution in [0.2, 0.25) is 0 Å². The third-order valence-electron chi connectivity index (χ3n) is 2.92. The smallest absolute Gasteiger partial charge is 0.0663 e. The molecule has 0 bridgehead atoms.